The molecule has 0 aromatic heterocycles. The van der Waals surface area contributed by atoms with Crippen LogP contribution in [0.2, 0.25) is 0 Å². The van der Waals surface area contributed by atoms with Crippen LogP contribution in [0.3, 0.4) is 0 Å². The molecule has 0 aromatic carbocycles. The Hall–Kier alpha value is -0.0926. The zero-order valence-corrected chi connectivity index (χ0v) is 9.51. The van der Waals surface area contributed by atoms with Crippen LogP contribution >= 0.6 is 24.4 Å². The zero-order chi connectivity index (χ0) is 11.3. The molecule has 0 heterocycles. The molecule has 0 aliphatic rings. The van der Waals surface area contributed by atoms with Crippen molar-refractivity contribution >= 4 is 53.6 Å². The van der Waals surface area contributed by atoms with Gasteiger partial charge in [-0.2, -0.15) is 0 Å². The summed E-state index contributed by atoms with van der Waals surface area (Å²) in [5.41, 5.74) is 9.34. The molecule has 8 heteroatoms. The molecule has 0 aromatic rings. The van der Waals surface area contributed by atoms with Gasteiger partial charge in [-0.3, -0.25) is 4.94 Å². The van der Waals surface area contributed by atoms with Gasteiger partial charge < -0.3 is 16.2 Å². The van der Waals surface area contributed by atoms with Gasteiger partial charge in [-0.05, 0) is 31.4 Å². The molecule has 0 spiro atoms. The summed E-state index contributed by atoms with van der Waals surface area (Å²) in [7, 11) is 0. The molecule has 0 aliphatic carbocycles. The fourth-order valence-electron chi connectivity index (χ4n) is 0.142. The summed E-state index contributed by atoms with van der Waals surface area (Å²) in [5.74, 6) is 0. The summed E-state index contributed by atoms with van der Waals surface area (Å²) >= 11 is 8.23. The van der Waals surface area contributed by atoms with Crippen molar-refractivity contribution < 1.29 is 14.2 Å². The number of thiocarbonyl (C=S) groups is 2. The van der Waals surface area contributed by atoms with E-state index >= 15 is 0 Å². The van der Waals surface area contributed by atoms with Crippen molar-refractivity contribution in [2.75, 3.05) is 6.61 Å². The third-order valence-electron chi connectivity index (χ3n) is 0.363. The summed E-state index contributed by atoms with van der Waals surface area (Å²) in [5, 5.41) is -0.456. The molecule has 0 atom stereocenters. The Morgan fingerprint density at radius 3 is 1.50 bits per heavy atom. The number of nitrogens with two attached hydrogens (primary N) is 2. The standard InChI is InChI=1S/C3H7NOS.C2H6.CH2FNOS.Li.H/c1-2-5-3(4)6;1-2;2-4-1(3)5;;/h2H2,1H3,(H2,4,6);1-2H3;(H2,3,5);;. The Balaban J connectivity index is -0.0000000576. The van der Waals surface area contributed by atoms with Crippen molar-refractivity contribution in [2.24, 2.45) is 11.5 Å². The average Bonchev–Trinajstić information content (AvgIpc) is 2.09. The second-order valence-corrected chi connectivity index (χ2v) is 1.95. The number of hydrogen-bond donors (Lipinski definition) is 2. The summed E-state index contributed by atoms with van der Waals surface area (Å²) in [6, 6.07) is 0. The minimum absolute atomic E-state index is 0. The van der Waals surface area contributed by atoms with Gasteiger partial charge >= 0.3 is 24.0 Å². The van der Waals surface area contributed by atoms with Gasteiger partial charge in [0.05, 0.1) is 6.61 Å². The van der Waals surface area contributed by atoms with Crippen molar-refractivity contribution in [3.8, 4) is 0 Å². The maximum absolute atomic E-state index is 10.3. The van der Waals surface area contributed by atoms with Gasteiger partial charge in [-0.15, -0.1) is 0 Å². The van der Waals surface area contributed by atoms with Crippen molar-refractivity contribution in [3.63, 3.8) is 0 Å². The second kappa shape index (κ2) is 23.1. The Morgan fingerprint density at radius 1 is 1.21 bits per heavy atom. The van der Waals surface area contributed by atoms with Gasteiger partial charge in [0.25, 0.3) is 5.17 Å². The van der Waals surface area contributed by atoms with Gasteiger partial charge in [-0.1, -0.05) is 13.8 Å². The SMILES string of the molecule is CC.CCOC(N)=S.NC(=S)OF.[LiH]. The van der Waals surface area contributed by atoms with E-state index in [2.05, 4.69) is 39.8 Å². The molecule has 0 saturated carbocycles. The third-order valence-corrected chi connectivity index (χ3v) is 0.543. The fraction of sp³-hybridized carbons (Fsp3) is 0.667. The maximum atomic E-state index is 10.3. The quantitative estimate of drug-likeness (QED) is 0.519. The van der Waals surface area contributed by atoms with E-state index in [-0.39, 0.29) is 24.0 Å². The van der Waals surface area contributed by atoms with E-state index < -0.39 is 5.17 Å². The summed E-state index contributed by atoms with van der Waals surface area (Å²) < 4.78 is 14.9. The molecular formula is C6H16FLiN2O2S2. The monoisotopic (exact) mass is 238 g/mol. The van der Waals surface area contributed by atoms with E-state index in [9.17, 15) is 4.53 Å². The molecule has 14 heavy (non-hydrogen) atoms. The Kier molecular flexibility index (Phi) is 38.9. The minimum atomic E-state index is -0.579. The first kappa shape index (κ1) is 23.6. The Labute approximate surface area is 107 Å². The van der Waals surface area contributed by atoms with Crippen LogP contribution in [0.15, 0.2) is 0 Å². The molecule has 0 radical (unpaired) electrons. The van der Waals surface area contributed by atoms with E-state index in [1.807, 2.05) is 20.8 Å². The second-order valence-electron chi connectivity index (χ2n) is 1.15. The fourth-order valence-corrected chi connectivity index (χ4v) is 0.260. The molecule has 0 saturated heterocycles. The van der Waals surface area contributed by atoms with Crippen LogP contribution < -0.4 is 11.5 Å². The number of ether oxygens (including phenoxy) is 1. The van der Waals surface area contributed by atoms with Crippen molar-refractivity contribution in [3.05, 3.63) is 0 Å². The normalized spacial score (nSPS) is 6.00. The molecule has 0 rings (SSSR count). The van der Waals surface area contributed by atoms with Crippen LogP contribution in [0.4, 0.5) is 4.53 Å². The van der Waals surface area contributed by atoms with Crippen molar-refractivity contribution in [1.29, 1.82) is 0 Å². The van der Waals surface area contributed by atoms with Crippen LogP contribution in [-0.2, 0) is 9.68 Å². The predicted molar refractivity (Wildman–Crippen MR) is 65.9 cm³/mol. The Bertz CT molecular complexity index is 141. The molecular weight excluding hydrogens is 222 g/mol. The van der Waals surface area contributed by atoms with Gasteiger partial charge in [0, 0.05) is 4.53 Å². The first-order chi connectivity index (χ1) is 6.04. The van der Waals surface area contributed by atoms with E-state index in [1.54, 1.807) is 0 Å². The third kappa shape index (κ3) is 58.8. The zero-order valence-electron chi connectivity index (χ0n) is 7.87. The van der Waals surface area contributed by atoms with Crippen LogP contribution in [0.1, 0.15) is 20.8 Å². The average molecular weight is 238 g/mol. The van der Waals surface area contributed by atoms with E-state index in [1.165, 1.54) is 0 Å². The molecule has 0 amide bonds. The van der Waals surface area contributed by atoms with Crippen LogP contribution in [-0.4, -0.2) is 35.8 Å². The summed E-state index contributed by atoms with van der Waals surface area (Å²) in [6.07, 6.45) is 0. The van der Waals surface area contributed by atoms with Crippen LogP contribution in [0, 0.1) is 0 Å². The first-order valence-corrected chi connectivity index (χ1v) is 4.36. The summed E-state index contributed by atoms with van der Waals surface area (Å²) in [6.45, 7) is 6.40. The molecule has 0 fully saturated rings. The van der Waals surface area contributed by atoms with E-state index in [4.69, 9.17) is 5.73 Å². The molecule has 4 N–H and O–H groups in total. The van der Waals surface area contributed by atoms with Gasteiger partial charge in [0.2, 0.25) is 0 Å². The topological polar surface area (TPSA) is 70.5 Å². The van der Waals surface area contributed by atoms with Crippen molar-refractivity contribution in [1.82, 2.24) is 0 Å². The Morgan fingerprint density at radius 2 is 1.50 bits per heavy atom. The molecule has 0 bridgehead atoms. The van der Waals surface area contributed by atoms with Crippen molar-refractivity contribution in [2.45, 2.75) is 20.8 Å². The molecule has 4 nitrogen and oxygen atoms in total. The van der Waals surface area contributed by atoms with Gasteiger partial charge in [-0.25, -0.2) is 0 Å². The number of rotatable bonds is 1. The predicted octanol–water partition coefficient (Wildman–Crippen LogP) is 0.775. The molecule has 0 unspecified atom stereocenters. The first-order valence-electron chi connectivity index (χ1n) is 3.54. The van der Waals surface area contributed by atoms with Gasteiger partial charge in [0.15, 0.2) is 0 Å². The van der Waals surface area contributed by atoms with E-state index in [0.717, 1.165) is 0 Å². The number of hydrogen-bond acceptors (Lipinski definition) is 4. The van der Waals surface area contributed by atoms with Crippen LogP contribution in [0.25, 0.3) is 0 Å². The van der Waals surface area contributed by atoms with Crippen LogP contribution in [0.5, 0.6) is 0 Å². The van der Waals surface area contributed by atoms with Gasteiger partial charge in [0.1, 0.15) is 0 Å². The summed E-state index contributed by atoms with van der Waals surface area (Å²) in [4.78, 5) is 2.76. The van der Waals surface area contributed by atoms with E-state index in [0.29, 0.717) is 6.61 Å². The molecule has 0 aliphatic heterocycles. The molecule has 82 valence electrons. The number of halogens is 1.